The number of anilines is 1. The largest absolute Gasteiger partial charge is 0.370 e. The molecule has 0 saturated heterocycles. The summed E-state index contributed by atoms with van der Waals surface area (Å²) in [7, 11) is 0. The zero-order chi connectivity index (χ0) is 19.3. The number of benzene rings is 1. The van der Waals surface area contributed by atoms with E-state index in [2.05, 4.69) is 45.6 Å². The van der Waals surface area contributed by atoms with Gasteiger partial charge in [0.2, 0.25) is 0 Å². The minimum absolute atomic E-state index is 0.749. The lowest BCUT2D eigenvalue weighted by Crippen LogP contribution is -2.13. The summed E-state index contributed by atoms with van der Waals surface area (Å²) in [4.78, 5) is 8.95. The lowest BCUT2D eigenvalue weighted by atomic mass is 10.1. The van der Waals surface area contributed by atoms with Crippen molar-refractivity contribution in [3.63, 3.8) is 0 Å². The number of imidazole rings is 1. The number of hydrogen-bond acceptors (Lipinski definition) is 4. The molecule has 3 aromatic heterocycles. The summed E-state index contributed by atoms with van der Waals surface area (Å²) in [6.07, 6.45) is 11.2. The van der Waals surface area contributed by atoms with Crippen molar-refractivity contribution in [3.05, 3.63) is 79.2 Å². The first-order valence-electron chi connectivity index (χ1n) is 9.51. The standard InChI is InChI=1S/C22H24N6/c1-3-8-19-17(2)26-22-20(18-9-5-4-6-10-18)15-25-28(22)21(19)24-11-7-13-27-14-12-23-16-27/h3-6,9-10,12,14-16,24H,1,7-8,11,13H2,2H3. The van der Waals surface area contributed by atoms with Crippen LogP contribution in [0.2, 0.25) is 0 Å². The molecular weight excluding hydrogens is 348 g/mol. The first-order valence-corrected chi connectivity index (χ1v) is 9.51. The molecule has 0 spiro atoms. The molecule has 28 heavy (non-hydrogen) atoms. The van der Waals surface area contributed by atoms with Crippen LogP contribution >= 0.6 is 0 Å². The fourth-order valence-corrected chi connectivity index (χ4v) is 3.42. The molecule has 0 amide bonds. The third kappa shape index (κ3) is 3.53. The fraction of sp³-hybridized carbons (Fsp3) is 0.227. The third-order valence-electron chi connectivity index (χ3n) is 4.83. The second kappa shape index (κ2) is 8.08. The van der Waals surface area contributed by atoms with Gasteiger partial charge in [-0.3, -0.25) is 0 Å². The predicted octanol–water partition coefficient (Wildman–Crippen LogP) is 4.13. The summed E-state index contributed by atoms with van der Waals surface area (Å²) in [5.41, 5.74) is 5.16. The van der Waals surface area contributed by atoms with Gasteiger partial charge >= 0.3 is 0 Å². The quantitative estimate of drug-likeness (QED) is 0.373. The van der Waals surface area contributed by atoms with Gasteiger partial charge in [-0.2, -0.15) is 9.61 Å². The Kier molecular flexibility index (Phi) is 5.19. The molecule has 0 aliphatic rings. The summed E-state index contributed by atoms with van der Waals surface area (Å²) >= 11 is 0. The lowest BCUT2D eigenvalue weighted by Gasteiger charge is -2.15. The molecule has 0 saturated carbocycles. The van der Waals surface area contributed by atoms with Crippen molar-refractivity contribution in [2.45, 2.75) is 26.3 Å². The topological polar surface area (TPSA) is 60.0 Å². The van der Waals surface area contributed by atoms with Crippen LogP contribution in [-0.4, -0.2) is 30.7 Å². The van der Waals surface area contributed by atoms with Gasteiger partial charge in [-0.15, -0.1) is 6.58 Å². The summed E-state index contributed by atoms with van der Waals surface area (Å²) in [6, 6.07) is 10.3. The highest BCUT2D eigenvalue weighted by molar-refractivity contribution is 5.78. The average Bonchev–Trinajstić information content (AvgIpc) is 3.37. The maximum absolute atomic E-state index is 4.86. The van der Waals surface area contributed by atoms with E-state index >= 15 is 0 Å². The van der Waals surface area contributed by atoms with Crippen molar-refractivity contribution in [2.24, 2.45) is 0 Å². The number of fused-ring (bicyclic) bond motifs is 1. The van der Waals surface area contributed by atoms with Crippen LogP contribution < -0.4 is 5.32 Å². The number of nitrogens with zero attached hydrogens (tertiary/aromatic N) is 5. The van der Waals surface area contributed by atoms with Gasteiger partial charge < -0.3 is 9.88 Å². The van der Waals surface area contributed by atoms with Gasteiger partial charge in [-0.25, -0.2) is 9.97 Å². The van der Waals surface area contributed by atoms with Gasteiger partial charge in [0.15, 0.2) is 5.65 Å². The van der Waals surface area contributed by atoms with Crippen molar-refractivity contribution in [1.29, 1.82) is 0 Å². The Bertz CT molecular complexity index is 1060. The second-order valence-electron chi connectivity index (χ2n) is 6.76. The SMILES string of the molecule is C=CCc1c(C)nc2c(-c3ccccc3)cnn2c1NCCCn1ccnc1. The summed E-state index contributed by atoms with van der Waals surface area (Å²) < 4.78 is 4.01. The molecule has 3 heterocycles. The van der Waals surface area contributed by atoms with E-state index in [0.717, 1.165) is 59.8 Å². The Morgan fingerprint density at radius 1 is 1.21 bits per heavy atom. The molecule has 4 aromatic rings. The van der Waals surface area contributed by atoms with E-state index in [1.54, 1.807) is 6.20 Å². The normalized spacial score (nSPS) is 11.0. The molecule has 4 rings (SSSR count). The maximum atomic E-state index is 4.86. The first-order chi connectivity index (χ1) is 13.8. The highest BCUT2D eigenvalue weighted by atomic mass is 15.3. The number of nitrogens with one attached hydrogen (secondary N) is 1. The molecule has 1 aromatic carbocycles. The lowest BCUT2D eigenvalue weighted by molar-refractivity contribution is 0.658. The Labute approximate surface area is 164 Å². The highest BCUT2D eigenvalue weighted by Gasteiger charge is 2.16. The fourth-order valence-electron chi connectivity index (χ4n) is 3.42. The van der Waals surface area contributed by atoms with E-state index in [9.17, 15) is 0 Å². The highest BCUT2D eigenvalue weighted by Crippen LogP contribution is 2.28. The van der Waals surface area contributed by atoms with Crippen molar-refractivity contribution < 1.29 is 0 Å². The van der Waals surface area contributed by atoms with Crippen molar-refractivity contribution in [2.75, 3.05) is 11.9 Å². The molecule has 0 unspecified atom stereocenters. The minimum atomic E-state index is 0.749. The van der Waals surface area contributed by atoms with E-state index in [4.69, 9.17) is 4.98 Å². The zero-order valence-electron chi connectivity index (χ0n) is 16.0. The Balaban J connectivity index is 1.66. The first kappa shape index (κ1) is 18.0. The number of aromatic nitrogens is 5. The van der Waals surface area contributed by atoms with Crippen LogP contribution in [0.5, 0.6) is 0 Å². The molecule has 0 bridgehead atoms. The van der Waals surface area contributed by atoms with Crippen LogP contribution in [-0.2, 0) is 13.0 Å². The molecule has 0 aliphatic carbocycles. The smallest absolute Gasteiger partial charge is 0.165 e. The second-order valence-corrected chi connectivity index (χ2v) is 6.76. The van der Waals surface area contributed by atoms with Gasteiger partial charge in [0.25, 0.3) is 0 Å². The molecule has 6 heteroatoms. The van der Waals surface area contributed by atoms with Crippen LogP contribution in [0.15, 0.2) is 67.9 Å². The number of hydrogen-bond donors (Lipinski definition) is 1. The molecule has 1 N–H and O–H groups in total. The molecule has 0 aliphatic heterocycles. The minimum Gasteiger partial charge on any atom is -0.370 e. The monoisotopic (exact) mass is 372 g/mol. The Morgan fingerprint density at radius 2 is 2.07 bits per heavy atom. The molecular formula is C22H24N6. The van der Waals surface area contributed by atoms with Gasteiger partial charge in [0.05, 0.1) is 12.5 Å². The number of aryl methyl sites for hydroxylation is 2. The van der Waals surface area contributed by atoms with Gasteiger partial charge in [0, 0.05) is 42.3 Å². The molecule has 6 nitrogen and oxygen atoms in total. The van der Waals surface area contributed by atoms with Crippen molar-refractivity contribution in [3.8, 4) is 11.1 Å². The van der Waals surface area contributed by atoms with E-state index in [0.29, 0.717) is 0 Å². The summed E-state index contributed by atoms with van der Waals surface area (Å²) in [6.45, 7) is 7.72. The Hall–Kier alpha value is -3.41. The zero-order valence-corrected chi connectivity index (χ0v) is 16.0. The van der Waals surface area contributed by atoms with Gasteiger partial charge in [-0.1, -0.05) is 36.4 Å². The number of allylic oxidation sites excluding steroid dienone is 1. The van der Waals surface area contributed by atoms with Gasteiger partial charge in [0.1, 0.15) is 5.82 Å². The van der Waals surface area contributed by atoms with Gasteiger partial charge in [-0.05, 0) is 25.3 Å². The molecule has 0 radical (unpaired) electrons. The predicted molar refractivity (Wildman–Crippen MR) is 112 cm³/mol. The maximum Gasteiger partial charge on any atom is 0.165 e. The average molecular weight is 372 g/mol. The summed E-state index contributed by atoms with van der Waals surface area (Å²) in [5, 5.41) is 8.24. The van der Waals surface area contributed by atoms with E-state index < -0.39 is 0 Å². The Morgan fingerprint density at radius 3 is 2.82 bits per heavy atom. The van der Waals surface area contributed by atoms with Crippen LogP contribution in [0, 0.1) is 6.92 Å². The third-order valence-corrected chi connectivity index (χ3v) is 4.83. The van der Waals surface area contributed by atoms with Crippen LogP contribution in [0.3, 0.4) is 0 Å². The van der Waals surface area contributed by atoms with Crippen LogP contribution in [0.1, 0.15) is 17.7 Å². The number of rotatable bonds is 8. The molecule has 0 atom stereocenters. The van der Waals surface area contributed by atoms with Crippen LogP contribution in [0.25, 0.3) is 16.8 Å². The molecule has 0 fully saturated rings. The molecule has 142 valence electrons. The van der Waals surface area contributed by atoms with E-state index in [1.165, 1.54) is 0 Å². The van der Waals surface area contributed by atoms with E-state index in [-0.39, 0.29) is 0 Å². The van der Waals surface area contributed by atoms with Crippen molar-refractivity contribution in [1.82, 2.24) is 24.1 Å². The van der Waals surface area contributed by atoms with Crippen LogP contribution in [0.4, 0.5) is 5.82 Å². The van der Waals surface area contributed by atoms with Crippen molar-refractivity contribution >= 4 is 11.5 Å². The van der Waals surface area contributed by atoms with E-state index in [1.807, 2.05) is 47.5 Å². The summed E-state index contributed by atoms with van der Waals surface area (Å²) in [5.74, 6) is 0.996.